The molecule has 1 N–H and O–H groups in total. The SMILES string of the molecule is COc1ccc([N+](=O)[O-])cc1C(=O)Nc1nnc(C2CC2)s1. The second-order valence-corrected chi connectivity index (χ2v) is 5.82. The Balaban J connectivity index is 1.83. The van der Waals surface area contributed by atoms with Crippen LogP contribution in [-0.4, -0.2) is 28.1 Å². The van der Waals surface area contributed by atoms with Gasteiger partial charge in [-0.25, -0.2) is 0 Å². The fourth-order valence-corrected chi connectivity index (χ4v) is 2.84. The molecule has 1 aliphatic rings. The molecular formula is C13H12N4O4S. The number of anilines is 1. The number of carbonyl (C=O) groups is 1. The number of nitrogens with one attached hydrogen (secondary N) is 1. The molecule has 0 saturated heterocycles. The van der Waals surface area contributed by atoms with E-state index in [0.29, 0.717) is 11.0 Å². The molecule has 1 saturated carbocycles. The number of non-ortho nitro benzene ring substituents is 1. The summed E-state index contributed by atoms with van der Waals surface area (Å²) in [7, 11) is 1.40. The van der Waals surface area contributed by atoms with Crippen LogP contribution in [0.4, 0.5) is 10.8 Å². The van der Waals surface area contributed by atoms with Gasteiger partial charge in [-0.3, -0.25) is 20.2 Å². The predicted octanol–water partition coefficient (Wildman–Crippen LogP) is 2.58. The van der Waals surface area contributed by atoms with E-state index in [1.807, 2.05) is 0 Å². The van der Waals surface area contributed by atoms with Crippen molar-refractivity contribution in [1.29, 1.82) is 0 Å². The molecule has 0 bridgehead atoms. The maximum absolute atomic E-state index is 12.3. The highest BCUT2D eigenvalue weighted by Gasteiger charge is 2.28. The van der Waals surface area contributed by atoms with Crippen LogP contribution in [0.3, 0.4) is 0 Å². The van der Waals surface area contributed by atoms with Gasteiger partial charge in [-0.2, -0.15) is 0 Å². The van der Waals surface area contributed by atoms with E-state index >= 15 is 0 Å². The molecule has 1 aromatic heterocycles. The highest BCUT2D eigenvalue weighted by atomic mass is 32.1. The van der Waals surface area contributed by atoms with Crippen LogP contribution >= 0.6 is 11.3 Å². The number of amides is 1. The topological polar surface area (TPSA) is 107 Å². The van der Waals surface area contributed by atoms with Crippen LogP contribution in [0.25, 0.3) is 0 Å². The first kappa shape index (κ1) is 14.4. The molecule has 1 aromatic carbocycles. The molecule has 1 heterocycles. The summed E-state index contributed by atoms with van der Waals surface area (Å²) in [4.78, 5) is 22.6. The smallest absolute Gasteiger partial charge is 0.270 e. The van der Waals surface area contributed by atoms with Crippen molar-refractivity contribution >= 4 is 28.1 Å². The molecule has 1 amide bonds. The number of ether oxygens (including phenoxy) is 1. The number of hydrogen-bond acceptors (Lipinski definition) is 7. The summed E-state index contributed by atoms with van der Waals surface area (Å²) >= 11 is 1.32. The van der Waals surface area contributed by atoms with Crippen molar-refractivity contribution in [2.45, 2.75) is 18.8 Å². The van der Waals surface area contributed by atoms with Crippen molar-refractivity contribution in [2.75, 3.05) is 12.4 Å². The summed E-state index contributed by atoms with van der Waals surface area (Å²) < 4.78 is 5.08. The standard InChI is InChI=1S/C13H12N4O4S/c1-21-10-5-4-8(17(19)20)6-9(10)11(18)14-13-16-15-12(22-13)7-2-3-7/h4-7H,2-3H2,1H3,(H,14,16,18). The van der Waals surface area contributed by atoms with Crippen molar-refractivity contribution in [3.8, 4) is 5.75 Å². The minimum Gasteiger partial charge on any atom is -0.496 e. The van der Waals surface area contributed by atoms with E-state index in [1.54, 1.807) is 0 Å². The first-order valence-corrected chi connectivity index (χ1v) is 7.37. The monoisotopic (exact) mass is 320 g/mol. The first-order valence-electron chi connectivity index (χ1n) is 6.55. The van der Waals surface area contributed by atoms with E-state index in [1.165, 1.54) is 36.6 Å². The second kappa shape index (κ2) is 5.68. The lowest BCUT2D eigenvalue weighted by Gasteiger charge is -2.07. The Labute approximate surface area is 129 Å². The van der Waals surface area contributed by atoms with E-state index in [4.69, 9.17) is 4.74 Å². The minimum atomic E-state index is -0.563. The van der Waals surface area contributed by atoms with Crippen LogP contribution in [0.1, 0.15) is 34.1 Å². The molecule has 3 rings (SSSR count). The number of carbonyl (C=O) groups excluding carboxylic acids is 1. The lowest BCUT2D eigenvalue weighted by Crippen LogP contribution is -2.13. The molecular weight excluding hydrogens is 308 g/mol. The predicted molar refractivity (Wildman–Crippen MR) is 79.5 cm³/mol. The van der Waals surface area contributed by atoms with Crippen molar-refractivity contribution in [2.24, 2.45) is 0 Å². The molecule has 0 atom stereocenters. The van der Waals surface area contributed by atoms with Crippen molar-refractivity contribution < 1.29 is 14.5 Å². The van der Waals surface area contributed by atoms with E-state index in [9.17, 15) is 14.9 Å². The van der Waals surface area contributed by atoms with Crippen molar-refractivity contribution in [1.82, 2.24) is 10.2 Å². The number of methoxy groups -OCH3 is 1. The van der Waals surface area contributed by atoms with Crippen molar-refractivity contribution in [3.05, 3.63) is 38.9 Å². The highest BCUT2D eigenvalue weighted by Crippen LogP contribution is 2.42. The van der Waals surface area contributed by atoms with Gasteiger partial charge in [0.2, 0.25) is 5.13 Å². The Bertz CT molecular complexity index is 741. The number of hydrogen-bond donors (Lipinski definition) is 1. The van der Waals surface area contributed by atoms with Gasteiger partial charge in [0.1, 0.15) is 10.8 Å². The molecule has 1 fully saturated rings. The van der Waals surface area contributed by atoms with Crippen LogP contribution in [-0.2, 0) is 0 Å². The summed E-state index contributed by atoms with van der Waals surface area (Å²) in [6.07, 6.45) is 2.20. The van der Waals surface area contributed by atoms with Crippen LogP contribution in [0.2, 0.25) is 0 Å². The average molecular weight is 320 g/mol. The Kier molecular flexibility index (Phi) is 3.72. The molecule has 0 radical (unpaired) electrons. The van der Waals surface area contributed by atoms with Gasteiger partial charge >= 0.3 is 0 Å². The van der Waals surface area contributed by atoms with E-state index in [0.717, 1.165) is 17.8 Å². The van der Waals surface area contributed by atoms with Crippen LogP contribution in [0.15, 0.2) is 18.2 Å². The Hall–Kier alpha value is -2.55. The highest BCUT2D eigenvalue weighted by molar-refractivity contribution is 7.15. The number of benzene rings is 1. The Morgan fingerprint density at radius 3 is 2.86 bits per heavy atom. The maximum atomic E-state index is 12.3. The molecule has 22 heavy (non-hydrogen) atoms. The molecule has 8 nitrogen and oxygen atoms in total. The molecule has 2 aromatic rings. The second-order valence-electron chi connectivity index (χ2n) is 4.82. The molecule has 0 unspecified atom stereocenters. The fraction of sp³-hybridized carbons (Fsp3) is 0.308. The van der Waals surface area contributed by atoms with Gasteiger partial charge in [0.15, 0.2) is 0 Å². The van der Waals surface area contributed by atoms with E-state index in [2.05, 4.69) is 15.5 Å². The first-order chi connectivity index (χ1) is 10.6. The normalized spacial score (nSPS) is 13.7. The van der Waals surface area contributed by atoms with Crippen molar-refractivity contribution in [3.63, 3.8) is 0 Å². The minimum absolute atomic E-state index is 0.0832. The van der Waals surface area contributed by atoms with Crippen LogP contribution < -0.4 is 10.1 Å². The summed E-state index contributed by atoms with van der Waals surface area (Å²) in [6.45, 7) is 0. The average Bonchev–Trinajstić information content (AvgIpc) is 3.26. The Morgan fingerprint density at radius 2 is 2.23 bits per heavy atom. The molecule has 9 heteroatoms. The molecule has 0 spiro atoms. The van der Waals surface area contributed by atoms with E-state index in [-0.39, 0.29) is 17.0 Å². The van der Waals surface area contributed by atoms with Gasteiger partial charge in [0.05, 0.1) is 17.6 Å². The third kappa shape index (κ3) is 2.89. The van der Waals surface area contributed by atoms with Gasteiger partial charge in [0, 0.05) is 18.1 Å². The number of nitro benzene ring substituents is 1. The van der Waals surface area contributed by atoms with Crippen LogP contribution in [0.5, 0.6) is 5.75 Å². The molecule has 114 valence electrons. The Morgan fingerprint density at radius 1 is 1.45 bits per heavy atom. The third-order valence-corrected chi connectivity index (χ3v) is 4.23. The summed E-state index contributed by atoms with van der Waals surface area (Å²) in [6, 6.07) is 3.85. The fourth-order valence-electron chi connectivity index (χ4n) is 1.93. The lowest BCUT2D eigenvalue weighted by atomic mass is 10.1. The lowest BCUT2D eigenvalue weighted by molar-refractivity contribution is -0.384. The number of nitrogens with zero attached hydrogens (tertiary/aromatic N) is 3. The molecule has 1 aliphatic carbocycles. The number of aromatic nitrogens is 2. The quantitative estimate of drug-likeness (QED) is 0.670. The zero-order chi connectivity index (χ0) is 15.7. The number of nitro groups is 1. The summed E-state index contributed by atoms with van der Waals surface area (Å²) in [5, 5.41) is 22.7. The van der Waals surface area contributed by atoms with E-state index < -0.39 is 10.8 Å². The van der Waals surface area contributed by atoms with Crippen LogP contribution in [0, 0.1) is 10.1 Å². The summed E-state index contributed by atoms with van der Waals surface area (Å²) in [5.41, 5.74) is -0.0956. The van der Waals surface area contributed by atoms with Gasteiger partial charge < -0.3 is 4.74 Å². The zero-order valence-corrected chi connectivity index (χ0v) is 12.4. The zero-order valence-electron chi connectivity index (χ0n) is 11.6. The maximum Gasteiger partial charge on any atom is 0.270 e. The van der Waals surface area contributed by atoms with Gasteiger partial charge in [0.25, 0.3) is 11.6 Å². The van der Waals surface area contributed by atoms with Gasteiger partial charge in [-0.1, -0.05) is 11.3 Å². The van der Waals surface area contributed by atoms with Gasteiger partial charge in [-0.05, 0) is 18.9 Å². The third-order valence-electron chi connectivity index (χ3n) is 3.23. The number of rotatable bonds is 5. The summed E-state index contributed by atoms with van der Waals surface area (Å²) in [5.74, 6) is 0.199. The molecule has 0 aliphatic heterocycles. The largest absolute Gasteiger partial charge is 0.496 e. The van der Waals surface area contributed by atoms with Gasteiger partial charge in [-0.15, -0.1) is 10.2 Å².